The lowest BCUT2D eigenvalue weighted by Crippen LogP contribution is -2.23. The molecule has 0 aliphatic heterocycles. The number of nitrogens with zero attached hydrogens (tertiary/aromatic N) is 1. The van der Waals surface area contributed by atoms with E-state index in [4.69, 9.17) is 0 Å². The van der Waals surface area contributed by atoms with E-state index >= 15 is 0 Å². The van der Waals surface area contributed by atoms with Gasteiger partial charge in [0.1, 0.15) is 0 Å². The Hall–Kier alpha value is -1.24. The minimum absolute atomic E-state index is 0.00471. The van der Waals surface area contributed by atoms with Crippen LogP contribution in [-0.2, 0) is 11.0 Å². The van der Waals surface area contributed by atoms with Gasteiger partial charge in [-0.05, 0) is 18.2 Å². The van der Waals surface area contributed by atoms with Gasteiger partial charge >= 0.3 is 6.18 Å². The molecule has 3 nitrogen and oxygen atoms in total. The fourth-order valence-electron chi connectivity index (χ4n) is 1.39. The Labute approximate surface area is 117 Å². The quantitative estimate of drug-likeness (QED) is 0.912. The summed E-state index contributed by atoms with van der Waals surface area (Å²) in [6.07, 6.45) is -4.18. The molecule has 0 saturated heterocycles. The third-order valence-electron chi connectivity index (χ3n) is 2.44. The van der Waals surface area contributed by atoms with Gasteiger partial charge in [0.05, 0.1) is 5.56 Å². The molecular formula is C12H14BrF3N2O. The third-order valence-corrected chi connectivity index (χ3v) is 3.13. The van der Waals surface area contributed by atoms with Gasteiger partial charge in [-0.25, -0.2) is 0 Å². The number of hydrogen-bond donors (Lipinski definition) is 1. The molecule has 0 bridgehead atoms. The highest BCUT2D eigenvalue weighted by Crippen LogP contribution is 2.36. The highest BCUT2D eigenvalue weighted by molar-refractivity contribution is 9.10. The molecule has 1 rings (SSSR count). The SMILES string of the molecule is CN(C)C(=O)CCNc1ccc(Br)c(C(F)(F)F)c1. The molecule has 0 aliphatic carbocycles. The molecule has 0 fully saturated rings. The average molecular weight is 339 g/mol. The van der Waals surface area contributed by atoms with Gasteiger partial charge in [0.2, 0.25) is 5.91 Å². The number of nitrogens with one attached hydrogen (secondary N) is 1. The molecule has 19 heavy (non-hydrogen) atoms. The lowest BCUT2D eigenvalue weighted by atomic mass is 10.2. The first-order chi connectivity index (χ1) is 8.71. The third kappa shape index (κ3) is 4.74. The van der Waals surface area contributed by atoms with Gasteiger partial charge in [-0.15, -0.1) is 0 Å². The Morgan fingerprint density at radius 2 is 2.00 bits per heavy atom. The minimum atomic E-state index is -4.41. The average Bonchev–Trinajstić information content (AvgIpc) is 2.29. The van der Waals surface area contributed by atoms with Crippen molar-refractivity contribution >= 4 is 27.5 Å². The second-order valence-corrected chi connectivity index (χ2v) is 5.01. The first-order valence-electron chi connectivity index (χ1n) is 5.52. The highest BCUT2D eigenvalue weighted by Gasteiger charge is 2.33. The van der Waals surface area contributed by atoms with Crippen LogP contribution in [0.3, 0.4) is 0 Å². The maximum Gasteiger partial charge on any atom is 0.417 e. The van der Waals surface area contributed by atoms with Crippen molar-refractivity contribution in [1.82, 2.24) is 4.90 Å². The summed E-state index contributed by atoms with van der Waals surface area (Å²) in [6, 6.07) is 3.88. The van der Waals surface area contributed by atoms with Crippen molar-refractivity contribution < 1.29 is 18.0 Å². The summed E-state index contributed by atoms with van der Waals surface area (Å²) in [7, 11) is 3.26. The number of alkyl halides is 3. The van der Waals surface area contributed by atoms with E-state index in [9.17, 15) is 18.0 Å². The summed E-state index contributed by atoms with van der Waals surface area (Å²) >= 11 is 2.87. The second kappa shape index (κ2) is 6.27. The van der Waals surface area contributed by atoms with Crippen LogP contribution in [0.5, 0.6) is 0 Å². The molecule has 0 aromatic heterocycles. The van der Waals surface area contributed by atoms with Crippen LogP contribution >= 0.6 is 15.9 Å². The van der Waals surface area contributed by atoms with Gasteiger partial charge in [-0.2, -0.15) is 13.2 Å². The van der Waals surface area contributed by atoms with Gasteiger partial charge in [0, 0.05) is 37.2 Å². The molecule has 0 unspecified atom stereocenters. The number of anilines is 1. The molecule has 0 spiro atoms. The lowest BCUT2D eigenvalue weighted by molar-refractivity contribution is -0.138. The molecule has 0 heterocycles. The maximum atomic E-state index is 12.7. The van der Waals surface area contributed by atoms with Crippen molar-refractivity contribution in [2.24, 2.45) is 0 Å². The van der Waals surface area contributed by atoms with Crippen LogP contribution < -0.4 is 5.32 Å². The summed E-state index contributed by atoms with van der Waals surface area (Å²) in [5, 5.41) is 2.80. The predicted molar refractivity (Wildman–Crippen MR) is 70.9 cm³/mol. The zero-order valence-corrected chi connectivity index (χ0v) is 12.1. The van der Waals surface area contributed by atoms with Gasteiger partial charge in [-0.3, -0.25) is 4.79 Å². The molecule has 1 amide bonds. The number of hydrogen-bond acceptors (Lipinski definition) is 2. The minimum Gasteiger partial charge on any atom is -0.385 e. The molecule has 106 valence electrons. The standard InChI is InChI=1S/C12H14BrF3N2O/c1-18(2)11(19)5-6-17-8-3-4-10(13)9(7-8)12(14,15)16/h3-4,7,17H,5-6H2,1-2H3. The zero-order valence-electron chi connectivity index (χ0n) is 10.5. The second-order valence-electron chi connectivity index (χ2n) is 4.16. The van der Waals surface area contributed by atoms with Crippen LogP contribution in [0.25, 0.3) is 0 Å². The highest BCUT2D eigenvalue weighted by atomic mass is 79.9. The molecule has 0 saturated carbocycles. The predicted octanol–water partition coefficient (Wildman–Crippen LogP) is 3.36. The van der Waals surface area contributed by atoms with Gasteiger partial charge in [0.25, 0.3) is 0 Å². The monoisotopic (exact) mass is 338 g/mol. The first kappa shape index (κ1) is 15.8. The Bertz CT molecular complexity index is 461. The summed E-state index contributed by atoms with van der Waals surface area (Å²) in [6.45, 7) is 0.288. The van der Waals surface area contributed by atoms with Crippen molar-refractivity contribution in [3.8, 4) is 0 Å². The Balaban J connectivity index is 2.68. The van der Waals surface area contributed by atoms with Crippen molar-refractivity contribution in [3.63, 3.8) is 0 Å². The topological polar surface area (TPSA) is 32.3 Å². The fraction of sp³-hybridized carbons (Fsp3) is 0.417. The summed E-state index contributed by atoms with van der Waals surface area (Å²) in [5.41, 5.74) is -0.404. The normalized spacial score (nSPS) is 11.3. The summed E-state index contributed by atoms with van der Waals surface area (Å²) in [4.78, 5) is 12.7. The molecule has 7 heteroatoms. The van der Waals surface area contributed by atoms with E-state index in [0.29, 0.717) is 5.69 Å². The van der Waals surface area contributed by atoms with Crippen LogP contribution in [-0.4, -0.2) is 31.4 Å². The van der Waals surface area contributed by atoms with Crippen LogP contribution in [0, 0.1) is 0 Å². The molecule has 1 aromatic carbocycles. The first-order valence-corrected chi connectivity index (χ1v) is 6.32. The summed E-state index contributed by atoms with van der Waals surface area (Å²) in [5.74, 6) is -0.0827. The van der Waals surface area contributed by atoms with Crippen molar-refractivity contribution in [2.75, 3.05) is 26.0 Å². The summed E-state index contributed by atoms with van der Waals surface area (Å²) < 4.78 is 38.0. The molecule has 0 atom stereocenters. The van der Waals surface area contributed by atoms with E-state index in [2.05, 4.69) is 21.2 Å². The van der Waals surface area contributed by atoms with Gasteiger partial charge in [-0.1, -0.05) is 15.9 Å². The van der Waals surface area contributed by atoms with Crippen molar-refractivity contribution in [3.05, 3.63) is 28.2 Å². The van der Waals surface area contributed by atoms with E-state index in [0.717, 1.165) is 6.07 Å². The zero-order chi connectivity index (χ0) is 14.6. The van der Waals surface area contributed by atoms with Crippen LogP contribution in [0.2, 0.25) is 0 Å². The van der Waals surface area contributed by atoms with E-state index in [-0.39, 0.29) is 23.3 Å². The van der Waals surface area contributed by atoms with Crippen molar-refractivity contribution in [2.45, 2.75) is 12.6 Å². The number of halogens is 4. The maximum absolute atomic E-state index is 12.7. The lowest BCUT2D eigenvalue weighted by Gasteiger charge is -2.13. The van der Waals surface area contributed by atoms with Crippen LogP contribution in [0.15, 0.2) is 22.7 Å². The van der Waals surface area contributed by atoms with E-state index in [1.165, 1.54) is 17.0 Å². The van der Waals surface area contributed by atoms with Gasteiger partial charge in [0.15, 0.2) is 0 Å². The molecular weight excluding hydrogens is 325 g/mol. The Kier molecular flexibility index (Phi) is 5.22. The number of carbonyl (C=O) groups excluding carboxylic acids is 1. The van der Waals surface area contributed by atoms with Crippen molar-refractivity contribution in [1.29, 1.82) is 0 Å². The number of amides is 1. The largest absolute Gasteiger partial charge is 0.417 e. The fourth-order valence-corrected chi connectivity index (χ4v) is 1.86. The Morgan fingerprint density at radius 1 is 1.37 bits per heavy atom. The number of benzene rings is 1. The number of rotatable bonds is 4. The van der Waals surface area contributed by atoms with E-state index < -0.39 is 11.7 Å². The Morgan fingerprint density at radius 3 is 2.53 bits per heavy atom. The van der Waals surface area contributed by atoms with Gasteiger partial charge < -0.3 is 10.2 Å². The van der Waals surface area contributed by atoms with Crippen LogP contribution in [0.1, 0.15) is 12.0 Å². The van der Waals surface area contributed by atoms with E-state index in [1.54, 1.807) is 14.1 Å². The van der Waals surface area contributed by atoms with Crippen LogP contribution in [0.4, 0.5) is 18.9 Å². The molecule has 0 aliphatic rings. The molecule has 1 aromatic rings. The van der Waals surface area contributed by atoms with E-state index in [1.807, 2.05) is 0 Å². The molecule has 1 N–H and O–H groups in total. The smallest absolute Gasteiger partial charge is 0.385 e. The number of carbonyl (C=O) groups is 1. The molecule has 0 radical (unpaired) electrons.